The highest BCUT2D eigenvalue weighted by atomic mass is 16.7. The number of aliphatic hydroxyl groups excluding tert-OH is 1. The van der Waals surface area contributed by atoms with Crippen LogP contribution in [0.2, 0.25) is 0 Å². The number of rotatable bonds is 10. The predicted octanol–water partition coefficient (Wildman–Crippen LogP) is 9.34. The van der Waals surface area contributed by atoms with Crippen LogP contribution in [-0.4, -0.2) is 52.2 Å². The van der Waals surface area contributed by atoms with Crippen molar-refractivity contribution in [3.63, 3.8) is 0 Å². The van der Waals surface area contributed by atoms with E-state index in [0.717, 1.165) is 41.7 Å². The van der Waals surface area contributed by atoms with Crippen molar-refractivity contribution in [2.45, 2.75) is 109 Å². The number of nitrogens with zero attached hydrogens (tertiary/aromatic N) is 1. The second-order valence-corrected chi connectivity index (χ2v) is 16.6. The summed E-state index contributed by atoms with van der Waals surface area (Å²) >= 11 is 0. The van der Waals surface area contributed by atoms with Crippen molar-refractivity contribution in [2.75, 3.05) is 17.2 Å². The minimum absolute atomic E-state index is 0.0351. The van der Waals surface area contributed by atoms with Crippen LogP contribution in [0.25, 0.3) is 0 Å². The van der Waals surface area contributed by atoms with Crippen LogP contribution in [0, 0.1) is 11.8 Å². The van der Waals surface area contributed by atoms with E-state index < -0.39 is 6.29 Å². The molecule has 56 heavy (non-hydrogen) atoms. The van der Waals surface area contributed by atoms with E-state index in [-0.39, 0.29) is 48.3 Å². The van der Waals surface area contributed by atoms with Gasteiger partial charge in [0, 0.05) is 41.0 Å². The van der Waals surface area contributed by atoms with Crippen molar-refractivity contribution in [1.82, 2.24) is 10.2 Å². The fraction of sp³-hybridized carbons (Fsp3) is 0.435. The molecule has 0 unspecified atom stereocenters. The third-order valence-corrected chi connectivity index (χ3v) is 11.3. The van der Waals surface area contributed by atoms with Crippen molar-refractivity contribution < 1.29 is 28.9 Å². The molecule has 3 amide bonds. The van der Waals surface area contributed by atoms with Gasteiger partial charge in [0.1, 0.15) is 11.5 Å². The van der Waals surface area contributed by atoms with E-state index in [0.29, 0.717) is 35.6 Å². The molecular formula is C46H56N4O6. The first-order valence-electron chi connectivity index (χ1n) is 20.1. The Morgan fingerprint density at radius 1 is 0.786 bits per heavy atom. The number of anilines is 2. The molecule has 10 nitrogen and oxygen atoms in total. The first-order chi connectivity index (χ1) is 27.0. The van der Waals surface area contributed by atoms with Crippen LogP contribution in [0.1, 0.15) is 95.3 Å². The van der Waals surface area contributed by atoms with Gasteiger partial charge in [-0.15, -0.1) is 0 Å². The molecule has 3 fully saturated rings. The standard InChI is InChI=1S/C46H56N4O6/c1-30-41(28-50-39-16-9-8-11-32(39)21-26-40(50)43(52)49-46(2,3)4)55-44(56-42(30)33-19-17-31(29-51)18-20-33)34-12-10-13-36(27-34)48-45(53)47-35-22-24-38(25-23-35)54-37-14-6-5-7-15-37/h5-7,10,12-15,17-20,22-25,27,30,32,39-42,44,51H,8-9,11,16,21,26,28-29H2,1-4H3,(H,49,52)(H2,47,48,53)/t30-,32+,39+,40+,41+,42+,44+/m0/s1. The number of aliphatic hydroxyl groups is 1. The van der Waals surface area contributed by atoms with Gasteiger partial charge in [0.05, 0.1) is 24.9 Å². The number of fused-ring (bicyclic) bond motifs is 1. The molecule has 10 heteroatoms. The lowest BCUT2D eigenvalue weighted by Crippen LogP contribution is -2.61. The number of carbonyl (C=O) groups is 2. The van der Waals surface area contributed by atoms with Crippen LogP contribution in [-0.2, 0) is 20.9 Å². The van der Waals surface area contributed by atoms with Gasteiger partial charge >= 0.3 is 6.03 Å². The molecule has 296 valence electrons. The number of benzene rings is 4. The number of likely N-dealkylation sites (tertiary alicyclic amines) is 1. The topological polar surface area (TPSA) is 121 Å². The number of nitrogens with one attached hydrogen (secondary N) is 3. The minimum Gasteiger partial charge on any atom is -0.457 e. The summed E-state index contributed by atoms with van der Waals surface area (Å²) in [6, 6.07) is 31.9. The predicted molar refractivity (Wildman–Crippen MR) is 218 cm³/mol. The summed E-state index contributed by atoms with van der Waals surface area (Å²) in [5.74, 6) is 2.02. The van der Waals surface area contributed by atoms with Crippen LogP contribution in [0.4, 0.5) is 16.2 Å². The summed E-state index contributed by atoms with van der Waals surface area (Å²) in [5.41, 5.74) is 3.49. The van der Waals surface area contributed by atoms with E-state index in [2.05, 4.69) is 27.8 Å². The first kappa shape index (κ1) is 39.5. The fourth-order valence-electron chi connectivity index (χ4n) is 8.55. The molecule has 4 aromatic rings. The first-order valence-corrected chi connectivity index (χ1v) is 20.1. The molecule has 0 aromatic heterocycles. The molecule has 0 radical (unpaired) electrons. The lowest BCUT2D eigenvalue weighted by atomic mass is 9.75. The van der Waals surface area contributed by atoms with Crippen LogP contribution in [0.5, 0.6) is 11.5 Å². The van der Waals surface area contributed by atoms with E-state index in [1.54, 1.807) is 12.1 Å². The van der Waals surface area contributed by atoms with Crippen molar-refractivity contribution in [3.8, 4) is 11.5 Å². The molecule has 2 saturated heterocycles. The Kier molecular flexibility index (Phi) is 12.4. The molecule has 1 aliphatic carbocycles. The number of amides is 3. The molecule has 7 atom stereocenters. The van der Waals surface area contributed by atoms with Crippen molar-refractivity contribution in [1.29, 1.82) is 0 Å². The Balaban J connectivity index is 1.10. The van der Waals surface area contributed by atoms with Crippen LogP contribution in [0.15, 0.2) is 103 Å². The maximum absolute atomic E-state index is 13.9. The fourth-order valence-corrected chi connectivity index (χ4v) is 8.55. The van der Waals surface area contributed by atoms with Crippen molar-refractivity contribution in [3.05, 3.63) is 120 Å². The van der Waals surface area contributed by atoms with Gasteiger partial charge < -0.3 is 35.3 Å². The maximum Gasteiger partial charge on any atom is 0.323 e. The summed E-state index contributed by atoms with van der Waals surface area (Å²) in [6.07, 6.45) is 5.29. The highest BCUT2D eigenvalue weighted by molar-refractivity contribution is 5.99. The Hall–Kier alpha value is -4.74. The third-order valence-electron chi connectivity index (χ3n) is 11.3. The zero-order valence-electron chi connectivity index (χ0n) is 32.9. The van der Waals surface area contributed by atoms with Crippen LogP contribution < -0.4 is 20.7 Å². The van der Waals surface area contributed by atoms with E-state index in [4.69, 9.17) is 14.2 Å². The molecule has 1 saturated carbocycles. The number of ether oxygens (including phenoxy) is 3. The summed E-state index contributed by atoms with van der Waals surface area (Å²) in [4.78, 5) is 29.5. The minimum atomic E-state index is -0.727. The molecule has 7 rings (SSSR count). The lowest BCUT2D eigenvalue weighted by Gasteiger charge is -2.51. The molecule has 4 N–H and O–H groups in total. The largest absolute Gasteiger partial charge is 0.457 e. The number of hydrogen-bond donors (Lipinski definition) is 4. The molecule has 0 spiro atoms. The summed E-state index contributed by atoms with van der Waals surface area (Å²) in [6.45, 7) is 8.84. The number of carbonyl (C=O) groups excluding carboxylic acids is 2. The average molecular weight is 761 g/mol. The Labute approximate surface area is 330 Å². The summed E-state index contributed by atoms with van der Waals surface area (Å²) in [5, 5.41) is 18.9. The average Bonchev–Trinajstić information content (AvgIpc) is 3.19. The highest BCUT2D eigenvalue weighted by Gasteiger charge is 2.46. The van der Waals surface area contributed by atoms with Gasteiger partial charge in [-0.3, -0.25) is 9.69 Å². The maximum atomic E-state index is 13.9. The van der Waals surface area contributed by atoms with E-state index in [1.165, 1.54) is 19.3 Å². The Morgan fingerprint density at radius 2 is 1.50 bits per heavy atom. The van der Waals surface area contributed by atoms with E-state index in [9.17, 15) is 14.7 Å². The number of hydrogen-bond acceptors (Lipinski definition) is 7. The van der Waals surface area contributed by atoms with Gasteiger partial charge in [-0.1, -0.05) is 74.4 Å². The normalized spacial score (nSPS) is 25.4. The number of urea groups is 1. The zero-order chi connectivity index (χ0) is 39.2. The molecule has 4 aromatic carbocycles. The second-order valence-electron chi connectivity index (χ2n) is 16.6. The Bertz CT molecular complexity index is 1910. The third kappa shape index (κ3) is 9.79. The molecule has 2 aliphatic heterocycles. The molecular weight excluding hydrogens is 705 g/mol. The van der Waals surface area contributed by atoms with Crippen LogP contribution >= 0.6 is 0 Å². The van der Waals surface area contributed by atoms with E-state index in [1.807, 2.05) is 112 Å². The van der Waals surface area contributed by atoms with Gasteiger partial charge in [0.15, 0.2) is 6.29 Å². The lowest BCUT2D eigenvalue weighted by molar-refractivity contribution is -0.278. The SMILES string of the molecule is C[C@H]1[C@@H](CN2[C@@H](C(=O)NC(C)(C)C)CC[C@H]3CCCC[C@H]32)O[C@@H](c2cccc(NC(=O)Nc3ccc(Oc4ccccc4)cc3)c2)O[C@H]1c1ccc(CO)cc1. The van der Waals surface area contributed by atoms with Crippen LogP contribution in [0.3, 0.4) is 0 Å². The zero-order valence-corrected chi connectivity index (χ0v) is 32.9. The van der Waals surface area contributed by atoms with Gasteiger partial charge in [-0.25, -0.2) is 4.79 Å². The van der Waals surface area contributed by atoms with Gasteiger partial charge in [0.2, 0.25) is 5.91 Å². The Morgan fingerprint density at radius 3 is 2.23 bits per heavy atom. The second kappa shape index (κ2) is 17.6. The highest BCUT2D eigenvalue weighted by Crippen LogP contribution is 2.44. The number of piperidine rings is 1. The van der Waals surface area contributed by atoms with E-state index >= 15 is 0 Å². The van der Waals surface area contributed by atoms with Gasteiger partial charge in [-0.05, 0) is 112 Å². The van der Waals surface area contributed by atoms with Gasteiger partial charge in [0.25, 0.3) is 0 Å². The molecule has 3 aliphatic rings. The van der Waals surface area contributed by atoms with Gasteiger partial charge in [-0.2, -0.15) is 0 Å². The molecule has 2 heterocycles. The quantitative estimate of drug-likeness (QED) is 0.127. The summed E-state index contributed by atoms with van der Waals surface area (Å²) < 4.78 is 19.6. The summed E-state index contributed by atoms with van der Waals surface area (Å²) in [7, 11) is 0. The smallest absolute Gasteiger partial charge is 0.323 e. The monoisotopic (exact) mass is 760 g/mol. The number of para-hydroxylation sites is 1. The van der Waals surface area contributed by atoms with Crippen molar-refractivity contribution in [2.24, 2.45) is 11.8 Å². The molecule has 0 bridgehead atoms. The van der Waals surface area contributed by atoms with Crippen molar-refractivity contribution >= 4 is 23.3 Å².